The van der Waals surface area contributed by atoms with E-state index < -0.39 is 0 Å². The fraction of sp³-hybridized carbons (Fsp3) is 0.833. The van der Waals surface area contributed by atoms with Gasteiger partial charge in [0.15, 0.2) is 0 Å². The molecule has 5 aliphatic rings. The van der Waals surface area contributed by atoms with Crippen LogP contribution >= 0.6 is 0 Å². The molecule has 0 amide bonds. The molecule has 3 saturated carbocycles. The van der Waals surface area contributed by atoms with Crippen LogP contribution < -0.4 is 0 Å². The molecule has 5 rings (SSSR count). The Hall–Kier alpha value is -1.16. The standard InChI is InChI=1S/C24H36O4/c1-15-12-24-10-7-18-22(2,14-27-4)8-6-9-23(18,3)19(24)11-16(15)17(13-25)20(24)21(26)28-5/h12-13,16-20H,6-11,14H2,1-5H3. The molecule has 2 bridgehead atoms. The summed E-state index contributed by atoms with van der Waals surface area (Å²) in [6, 6.07) is 0. The zero-order valence-electron chi connectivity index (χ0n) is 18.1. The number of methoxy groups -OCH3 is 2. The minimum Gasteiger partial charge on any atom is -0.469 e. The lowest BCUT2D eigenvalue weighted by atomic mass is 9.35. The van der Waals surface area contributed by atoms with Gasteiger partial charge in [-0.3, -0.25) is 4.79 Å². The van der Waals surface area contributed by atoms with Crippen molar-refractivity contribution in [3.8, 4) is 0 Å². The van der Waals surface area contributed by atoms with Crippen molar-refractivity contribution in [2.24, 2.45) is 45.8 Å². The van der Waals surface area contributed by atoms with E-state index in [0.29, 0.717) is 11.8 Å². The largest absolute Gasteiger partial charge is 0.469 e. The van der Waals surface area contributed by atoms with E-state index in [-0.39, 0.29) is 40.0 Å². The normalized spacial score (nSPS) is 49.6. The molecule has 0 radical (unpaired) electrons. The Kier molecular flexibility index (Phi) is 4.80. The molecule has 0 N–H and O–H groups in total. The second-order valence-electron chi connectivity index (χ2n) is 10.6. The molecule has 4 heteroatoms. The molecular formula is C24H36O4. The van der Waals surface area contributed by atoms with Gasteiger partial charge in [-0.25, -0.2) is 0 Å². The highest BCUT2D eigenvalue weighted by Crippen LogP contribution is 2.72. The zero-order valence-corrected chi connectivity index (χ0v) is 18.1. The molecule has 4 nitrogen and oxygen atoms in total. The van der Waals surface area contributed by atoms with Crippen molar-refractivity contribution in [1.82, 2.24) is 0 Å². The van der Waals surface area contributed by atoms with Crippen molar-refractivity contribution < 1.29 is 19.1 Å². The Morgan fingerprint density at radius 2 is 1.96 bits per heavy atom. The number of allylic oxidation sites excluding steroid dienone is 2. The van der Waals surface area contributed by atoms with E-state index in [2.05, 4.69) is 26.8 Å². The van der Waals surface area contributed by atoms with Gasteiger partial charge in [0.2, 0.25) is 0 Å². The van der Waals surface area contributed by atoms with Crippen molar-refractivity contribution in [3.63, 3.8) is 0 Å². The molecule has 5 aliphatic carbocycles. The fourth-order valence-electron chi connectivity index (χ4n) is 8.62. The molecule has 8 atom stereocenters. The summed E-state index contributed by atoms with van der Waals surface area (Å²) in [5.41, 5.74) is 1.46. The Labute approximate surface area is 169 Å². The monoisotopic (exact) mass is 388 g/mol. The highest BCUT2D eigenvalue weighted by molar-refractivity contribution is 5.80. The molecular weight excluding hydrogens is 352 g/mol. The number of carbonyl (C=O) groups excluding carboxylic acids is 2. The quantitative estimate of drug-likeness (QED) is 0.406. The number of hydrogen-bond donors (Lipinski definition) is 0. The van der Waals surface area contributed by atoms with Gasteiger partial charge in [0.1, 0.15) is 6.29 Å². The Morgan fingerprint density at radius 1 is 1.21 bits per heavy atom. The Balaban J connectivity index is 1.82. The minimum atomic E-state index is -0.323. The van der Waals surface area contributed by atoms with Crippen LogP contribution in [0, 0.1) is 45.8 Å². The van der Waals surface area contributed by atoms with Gasteiger partial charge < -0.3 is 14.3 Å². The molecule has 0 aromatic rings. The molecule has 3 fully saturated rings. The SMILES string of the molecule is COCC1(C)CCCC2(C)C1CCC13C=C(C)C(CC21)C(C=O)C3C(=O)OC. The topological polar surface area (TPSA) is 52.6 Å². The summed E-state index contributed by atoms with van der Waals surface area (Å²) in [4.78, 5) is 25.0. The Bertz CT molecular complexity index is 695. The molecule has 0 aromatic heterocycles. The van der Waals surface area contributed by atoms with Crippen LogP contribution in [0.3, 0.4) is 0 Å². The van der Waals surface area contributed by atoms with E-state index in [1.54, 1.807) is 0 Å². The Morgan fingerprint density at radius 3 is 2.61 bits per heavy atom. The van der Waals surface area contributed by atoms with Gasteiger partial charge in [-0.05, 0) is 67.6 Å². The number of ether oxygens (including phenoxy) is 2. The number of carbonyl (C=O) groups is 2. The summed E-state index contributed by atoms with van der Waals surface area (Å²) < 4.78 is 10.9. The van der Waals surface area contributed by atoms with Crippen LogP contribution in [0.15, 0.2) is 11.6 Å². The van der Waals surface area contributed by atoms with Crippen LogP contribution in [0.5, 0.6) is 0 Å². The van der Waals surface area contributed by atoms with E-state index in [1.165, 1.54) is 31.9 Å². The molecule has 1 spiro atoms. The second kappa shape index (κ2) is 6.68. The van der Waals surface area contributed by atoms with E-state index in [4.69, 9.17) is 9.47 Å². The van der Waals surface area contributed by atoms with Gasteiger partial charge >= 0.3 is 5.97 Å². The molecule has 0 aromatic carbocycles. The van der Waals surface area contributed by atoms with Crippen LogP contribution in [-0.4, -0.2) is 33.1 Å². The summed E-state index contributed by atoms with van der Waals surface area (Å²) in [5.74, 6) is 0.473. The zero-order chi connectivity index (χ0) is 20.3. The summed E-state index contributed by atoms with van der Waals surface area (Å²) in [6.45, 7) is 7.86. The molecule has 28 heavy (non-hydrogen) atoms. The number of esters is 1. The number of hydrogen-bond acceptors (Lipinski definition) is 4. The number of rotatable bonds is 4. The third-order valence-corrected chi connectivity index (χ3v) is 9.50. The van der Waals surface area contributed by atoms with Gasteiger partial charge in [-0.1, -0.05) is 31.9 Å². The molecule has 0 aliphatic heterocycles. The van der Waals surface area contributed by atoms with Crippen LogP contribution in [0.4, 0.5) is 0 Å². The van der Waals surface area contributed by atoms with Crippen LogP contribution in [0.2, 0.25) is 0 Å². The number of fused-ring (bicyclic) bond motifs is 2. The second-order valence-corrected chi connectivity index (χ2v) is 10.6. The predicted octanol–water partition coefficient (Wildman–Crippen LogP) is 4.43. The first-order valence-electron chi connectivity index (χ1n) is 11.0. The lowest BCUT2D eigenvalue weighted by molar-refractivity contribution is -0.200. The van der Waals surface area contributed by atoms with Crippen LogP contribution in [-0.2, 0) is 19.1 Å². The lowest BCUT2D eigenvalue weighted by Gasteiger charge is -2.69. The summed E-state index contributed by atoms with van der Waals surface area (Å²) in [6.07, 6.45) is 10.2. The first kappa shape index (κ1) is 20.1. The smallest absolute Gasteiger partial charge is 0.310 e. The van der Waals surface area contributed by atoms with Crippen molar-refractivity contribution in [3.05, 3.63) is 11.6 Å². The van der Waals surface area contributed by atoms with Crippen molar-refractivity contribution in [2.45, 2.75) is 59.3 Å². The van der Waals surface area contributed by atoms with E-state index in [0.717, 1.165) is 32.2 Å². The third kappa shape index (κ3) is 2.45. The molecule has 156 valence electrons. The maximum Gasteiger partial charge on any atom is 0.310 e. The summed E-state index contributed by atoms with van der Waals surface area (Å²) in [7, 11) is 3.29. The average Bonchev–Trinajstić information content (AvgIpc) is 2.65. The first-order chi connectivity index (χ1) is 13.3. The maximum absolute atomic E-state index is 12.9. The molecule has 0 saturated heterocycles. The highest BCUT2D eigenvalue weighted by Gasteiger charge is 2.68. The average molecular weight is 389 g/mol. The van der Waals surface area contributed by atoms with Crippen molar-refractivity contribution in [1.29, 1.82) is 0 Å². The fourth-order valence-corrected chi connectivity index (χ4v) is 8.62. The van der Waals surface area contributed by atoms with Gasteiger partial charge in [0.05, 0.1) is 19.6 Å². The molecule has 0 heterocycles. The summed E-state index contributed by atoms with van der Waals surface area (Å²) in [5, 5.41) is 0. The molecule has 8 unspecified atom stereocenters. The van der Waals surface area contributed by atoms with E-state index in [9.17, 15) is 9.59 Å². The summed E-state index contributed by atoms with van der Waals surface area (Å²) >= 11 is 0. The lowest BCUT2D eigenvalue weighted by Crippen LogP contribution is -2.65. The van der Waals surface area contributed by atoms with Crippen molar-refractivity contribution in [2.75, 3.05) is 20.8 Å². The van der Waals surface area contributed by atoms with Crippen LogP contribution in [0.1, 0.15) is 59.3 Å². The van der Waals surface area contributed by atoms with E-state index in [1.807, 2.05) is 7.11 Å². The van der Waals surface area contributed by atoms with Gasteiger partial charge in [0, 0.05) is 18.4 Å². The highest BCUT2D eigenvalue weighted by atomic mass is 16.5. The predicted molar refractivity (Wildman–Crippen MR) is 108 cm³/mol. The minimum absolute atomic E-state index is 0.180. The van der Waals surface area contributed by atoms with Gasteiger partial charge in [-0.15, -0.1) is 0 Å². The van der Waals surface area contributed by atoms with Crippen molar-refractivity contribution >= 4 is 12.3 Å². The van der Waals surface area contributed by atoms with Crippen LogP contribution in [0.25, 0.3) is 0 Å². The van der Waals surface area contributed by atoms with Gasteiger partial charge in [0.25, 0.3) is 0 Å². The maximum atomic E-state index is 12.9. The third-order valence-electron chi connectivity index (χ3n) is 9.50. The first-order valence-corrected chi connectivity index (χ1v) is 11.0. The van der Waals surface area contributed by atoms with E-state index >= 15 is 0 Å². The van der Waals surface area contributed by atoms with Gasteiger partial charge in [-0.2, -0.15) is 0 Å². The number of aldehydes is 1.